The van der Waals surface area contributed by atoms with E-state index in [4.69, 9.17) is 5.11 Å². The third-order valence-corrected chi connectivity index (χ3v) is 3.46. The molecule has 1 amide bonds. The van der Waals surface area contributed by atoms with E-state index in [2.05, 4.69) is 17.6 Å². The van der Waals surface area contributed by atoms with Crippen LogP contribution in [-0.4, -0.2) is 23.6 Å². The molecule has 0 spiro atoms. The first-order valence-corrected chi connectivity index (χ1v) is 6.40. The van der Waals surface area contributed by atoms with Gasteiger partial charge in [0, 0.05) is 6.54 Å². The van der Waals surface area contributed by atoms with Gasteiger partial charge in [0.25, 0.3) is 0 Å². The number of benzene rings is 1. The van der Waals surface area contributed by atoms with E-state index < -0.39 is 0 Å². The van der Waals surface area contributed by atoms with Crippen molar-refractivity contribution < 1.29 is 9.90 Å². The number of hydrogen-bond acceptors (Lipinski definition) is 3. The fourth-order valence-corrected chi connectivity index (χ4v) is 2.32. The second-order valence-corrected chi connectivity index (χ2v) is 4.89. The number of hydrogen-bond donors (Lipinski definition) is 3. The summed E-state index contributed by atoms with van der Waals surface area (Å²) in [5.41, 5.74) is 1.88. The van der Waals surface area contributed by atoms with Crippen LogP contribution in [0.2, 0.25) is 0 Å². The minimum absolute atomic E-state index is 0.0308. The van der Waals surface area contributed by atoms with Crippen molar-refractivity contribution in [3.63, 3.8) is 0 Å². The van der Waals surface area contributed by atoms with Crippen molar-refractivity contribution in [2.24, 2.45) is 5.92 Å². The summed E-state index contributed by atoms with van der Waals surface area (Å²) in [5, 5.41) is 15.2. The van der Waals surface area contributed by atoms with Gasteiger partial charge in [-0.25, -0.2) is 0 Å². The Balaban J connectivity index is 1.88. The van der Waals surface area contributed by atoms with Crippen molar-refractivity contribution in [2.75, 3.05) is 6.54 Å². The number of aliphatic hydroxyl groups excluding tert-OH is 1. The van der Waals surface area contributed by atoms with Crippen molar-refractivity contribution in [3.8, 4) is 0 Å². The van der Waals surface area contributed by atoms with Gasteiger partial charge in [-0.15, -0.1) is 0 Å². The van der Waals surface area contributed by atoms with E-state index in [1.807, 2.05) is 24.3 Å². The summed E-state index contributed by atoms with van der Waals surface area (Å²) < 4.78 is 0. The molecular weight excluding hydrogens is 228 g/mol. The highest BCUT2D eigenvalue weighted by atomic mass is 16.3. The van der Waals surface area contributed by atoms with Crippen LogP contribution in [0.3, 0.4) is 0 Å². The maximum Gasteiger partial charge on any atom is 0.237 e. The quantitative estimate of drug-likeness (QED) is 0.738. The third kappa shape index (κ3) is 3.09. The zero-order valence-electron chi connectivity index (χ0n) is 10.6. The van der Waals surface area contributed by atoms with E-state index in [0.29, 0.717) is 12.5 Å². The fourth-order valence-electron chi connectivity index (χ4n) is 2.32. The molecule has 1 heterocycles. The first-order chi connectivity index (χ1) is 8.70. The van der Waals surface area contributed by atoms with Gasteiger partial charge in [0.15, 0.2) is 0 Å². The normalized spacial score (nSPS) is 23.0. The highest BCUT2D eigenvalue weighted by Crippen LogP contribution is 2.14. The van der Waals surface area contributed by atoms with E-state index in [9.17, 15) is 4.79 Å². The molecule has 0 saturated carbocycles. The molecule has 1 saturated heterocycles. The Kier molecular flexibility index (Phi) is 4.33. The second kappa shape index (κ2) is 5.98. The lowest BCUT2D eigenvalue weighted by Gasteiger charge is -2.15. The minimum Gasteiger partial charge on any atom is -0.392 e. The van der Waals surface area contributed by atoms with E-state index in [0.717, 1.165) is 24.1 Å². The van der Waals surface area contributed by atoms with Gasteiger partial charge in [-0.1, -0.05) is 31.2 Å². The number of rotatable bonds is 4. The number of carbonyl (C=O) groups excluding carboxylic acids is 1. The summed E-state index contributed by atoms with van der Waals surface area (Å²) in [5.74, 6) is 0.461. The molecule has 1 aromatic carbocycles. The summed E-state index contributed by atoms with van der Waals surface area (Å²) in [6.07, 6.45) is 1.05. The largest absolute Gasteiger partial charge is 0.392 e. The third-order valence-electron chi connectivity index (χ3n) is 3.46. The monoisotopic (exact) mass is 248 g/mol. The van der Waals surface area contributed by atoms with Crippen LogP contribution in [0.25, 0.3) is 0 Å². The molecule has 0 radical (unpaired) electrons. The van der Waals surface area contributed by atoms with Gasteiger partial charge in [0.05, 0.1) is 12.6 Å². The SMILES string of the molecule is CC1CCNC1C(=O)NCc1cccc(CO)c1. The Labute approximate surface area is 107 Å². The average Bonchev–Trinajstić information content (AvgIpc) is 2.82. The topological polar surface area (TPSA) is 61.4 Å². The lowest BCUT2D eigenvalue weighted by atomic mass is 10.0. The first kappa shape index (κ1) is 13.1. The van der Waals surface area contributed by atoms with E-state index in [1.54, 1.807) is 0 Å². The molecule has 4 heteroatoms. The second-order valence-electron chi connectivity index (χ2n) is 4.89. The van der Waals surface area contributed by atoms with Gasteiger partial charge in [-0.05, 0) is 30.0 Å². The highest BCUT2D eigenvalue weighted by Gasteiger charge is 2.28. The number of amides is 1. The predicted octanol–water partition coefficient (Wildman–Crippen LogP) is 0.793. The molecule has 0 aromatic heterocycles. The van der Waals surface area contributed by atoms with Crippen molar-refractivity contribution in [2.45, 2.75) is 32.5 Å². The maximum atomic E-state index is 12.0. The molecule has 2 unspecified atom stereocenters. The Morgan fingerprint density at radius 3 is 2.94 bits per heavy atom. The summed E-state index contributed by atoms with van der Waals surface area (Å²) in [7, 11) is 0. The van der Waals surface area contributed by atoms with Crippen LogP contribution in [-0.2, 0) is 17.9 Å². The molecule has 3 N–H and O–H groups in total. The Hall–Kier alpha value is -1.39. The van der Waals surface area contributed by atoms with Crippen LogP contribution >= 0.6 is 0 Å². The van der Waals surface area contributed by atoms with Crippen LogP contribution in [0.1, 0.15) is 24.5 Å². The van der Waals surface area contributed by atoms with Gasteiger partial charge in [-0.3, -0.25) is 4.79 Å². The fraction of sp³-hybridized carbons (Fsp3) is 0.500. The highest BCUT2D eigenvalue weighted by molar-refractivity contribution is 5.82. The van der Waals surface area contributed by atoms with E-state index in [1.165, 1.54) is 0 Å². The molecular formula is C14H20N2O2. The van der Waals surface area contributed by atoms with Crippen LogP contribution in [0, 0.1) is 5.92 Å². The van der Waals surface area contributed by atoms with Crippen LogP contribution < -0.4 is 10.6 Å². The molecule has 98 valence electrons. The van der Waals surface area contributed by atoms with Crippen LogP contribution in [0.4, 0.5) is 0 Å². The van der Waals surface area contributed by atoms with Crippen molar-refractivity contribution in [1.82, 2.24) is 10.6 Å². The van der Waals surface area contributed by atoms with Gasteiger partial charge in [-0.2, -0.15) is 0 Å². The smallest absolute Gasteiger partial charge is 0.237 e. The summed E-state index contributed by atoms with van der Waals surface area (Å²) >= 11 is 0. The molecule has 0 bridgehead atoms. The number of aliphatic hydroxyl groups is 1. The van der Waals surface area contributed by atoms with Crippen molar-refractivity contribution in [1.29, 1.82) is 0 Å². The predicted molar refractivity (Wildman–Crippen MR) is 69.8 cm³/mol. The van der Waals surface area contributed by atoms with Crippen molar-refractivity contribution in [3.05, 3.63) is 35.4 Å². The molecule has 18 heavy (non-hydrogen) atoms. The lowest BCUT2D eigenvalue weighted by Crippen LogP contribution is -2.42. The molecule has 1 aliphatic rings. The molecule has 0 aliphatic carbocycles. The Bertz CT molecular complexity index is 420. The minimum atomic E-state index is -0.0639. The van der Waals surface area contributed by atoms with Gasteiger partial charge < -0.3 is 15.7 Å². The van der Waals surface area contributed by atoms with Crippen LogP contribution in [0.15, 0.2) is 24.3 Å². The van der Waals surface area contributed by atoms with E-state index >= 15 is 0 Å². The molecule has 2 rings (SSSR count). The first-order valence-electron chi connectivity index (χ1n) is 6.40. The molecule has 1 aromatic rings. The Morgan fingerprint density at radius 1 is 1.50 bits per heavy atom. The zero-order chi connectivity index (χ0) is 13.0. The summed E-state index contributed by atoms with van der Waals surface area (Å²) in [4.78, 5) is 12.0. The van der Waals surface area contributed by atoms with E-state index in [-0.39, 0.29) is 18.6 Å². The maximum absolute atomic E-state index is 12.0. The number of carbonyl (C=O) groups is 1. The van der Waals surface area contributed by atoms with Gasteiger partial charge in [0.2, 0.25) is 5.91 Å². The van der Waals surface area contributed by atoms with Crippen molar-refractivity contribution >= 4 is 5.91 Å². The lowest BCUT2D eigenvalue weighted by molar-refractivity contribution is -0.123. The zero-order valence-corrected chi connectivity index (χ0v) is 10.6. The summed E-state index contributed by atoms with van der Waals surface area (Å²) in [6, 6.07) is 7.55. The average molecular weight is 248 g/mol. The Morgan fingerprint density at radius 2 is 2.28 bits per heavy atom. The van der Waals surface area contributed by atoms with Gasteiger partial charge in [0.1, 0.15) is 0 Å². The van der Waals surface area contributed by atoms with Crippen LogP contribution in [0.5, 0.6) is 0 Å². The molecule has 1 fully saturated rings. The van der Waals surface area contributed by atoms with Gasteiger partial charge >= 0.3 is 0 Å². The summed E-state index contributed by atoms with van der Waals surface area (Å²) in [6.45, 7) is 3.55. The number of nitrogens with one attached hydrogen (secondary N) is 2. The molecule has 4 nitrogen and oxygen atoms in total. The molecule has 2 atom stereocenters. The standard InChI is InChI=1S/C14H20N2O2/c1-10-5-6-15-13(10)14(18)16-8-11-3-2-4-12(7-11)9-17/h2-4,7,10,13,15,17H,5-6,8-9H2,1H3,(H,16,18). The molecule has 1 aliphatic heterocycles.